The first-order valence-corrected chi connectivity index (χ1v) is 11.2. The molecule has 1 N–H and O–H groups in total. The number of nitrogens with one attached hydrogen (secondary N) is 1. The molecule has 0 aliphatic carbocycles. The van der Waals surface area contributed by atoms with E-state index in [2.05, 4.69) is 20.4 Å². The van der Waals surface area contributed by atoms with Crippen LogP contribution in [-0.4, -0.2) is 36.8 Å². The molecule has 178 valence electrons. The largest absolute Gasteiger partial charge is 0.494 e. The van der Waals surface area contributed by atoms with Crippen LogP contribution in [0.3, 0.4) is 0 Å². The Hall–Kier alpha value is -4.47. The van der Waals surface area contributed by atoms with Gasteiger partial charge in [0.2, 0.25) is 11.8 Å². The van der Waals surface area contributed by atoms with E-state index in [1.165, 1.54) is 10.9 Å². The third kappa shape index (κ3) is 4.37. The average molecular weight is 473 g/mol. The highest BCUT2D eigenvalue weighted by Crippen LogP contribution is 2.27. The Kier molecular flexibility index (Phi) is 5.77. The molecule has 0 aliphatic rings. The summed E-state index contributed by atoms with van der Waals surface area (Å²) in [5, 5.41) is 7.47. The van der Waals surface area contributed by atoms with Crippen molar-refractivity contribution in [3.63, 3.8) is 0 Å². The van der Waals surface area contributed by atoms with Gasteiger partial charge in [-0.3, -0.25) is 14.2 Å². The summed E-state index contributed by atoms with van der Waals surface area (Å²) < 4.78 is 13.7. The van der Waals surface area contributed by atoms with Crippen LogP contribution in [0.15, 0.2) is 58.1 Å². The van der Waals surface area contributed by atoms with E-state index in [9.17, 15) is 9.59 Å². The van der Waals surface area contributed by atoms with Crippen LogP contribution in [-0.2, 0) is 17.9 Å². The summed E-state index contributed by atoms with van der Waals surface area (Å²) in [6.45, 7) is 6.19. The zero-order valence-electron chi connectivity index (χ0n) is 19.6. The molecular formula is C25H24N6O4. The lowest BCUT2D eigenvalue weighted by Crippen LogP contribution is -2.25. The molecule has 1 amide bonds. The van der Waals surface area contributed by atoms with Crippen LogP contribution in [0.5, 0.6) is 5.75 Å². The van der Waals surface area contributed by atoms with Gasteiger partial charge in [-0.1, -0.05) is 16.8 Å². The minimum atomic E-state index is -0.298. The Bertz CT molecular complexity index is 1600. The summed E-state index contributed by atoms with van der Waals surface area (Å²) in [6, 6.07) is 13.0. The Morgan fingerprint density at radius 2 is 1.94 bits per heavy atom. The number of carbonyl (C=O) groups is 1. The summed E-state index contributed by atoms with van der Waals surface area (Å²) in [6.07, 6.45) is 1.47. The molecule has 5 rings (SSSR count). The van der Waals surface area contributed by atoms with Gasteiger partial charge in [0.15, 0.2) is 5.82 Å². The third-order valence-electron chi connectivity index (χ3n) is 5.61. The number of hydrogen-bond donors (Lipinski definition) is 1. The molecule has 10 nitrogen and oxygen atoms in total. The summed E-state index contributed by atoms with van der Waals surface area (Å²) in [5.41, 5.74) is 3.00. The molecular weight excluding hydrogens is 448 g/mol. The van der Waals surface area contributed by atoms with Crippen LogP contribution >= 0.6 is 0 Å². The lowest BCUT2D eigenvalue weighted by Gasteiger charge is -2.10. The van der Waals surface area contributed by atoms with Crippen molar-refractivity contribution in [3.8, 4) is 5.75 Å². The first kappa shape index (κ1) is 22.3. The number of carbonyl (C=O) groups excluding carboxylic acids is 1. The smallest absolute Gasteiger partial charge is 0.278 e. The number of fused-ring (bicyclic) bond motifs is 3. The van der Waals surface area contributed by atoms with Crippen LogP contribution in [0.25, 0.3) is 21.9 Å². The van der Waals surface area contributed by atoms with Gasteiger partial charge in [-0.25, -0.2) is 4.98 Å². The van der Waals surface area contributed by atoms with E-state index in [-0.39, 0.29) is 24.6 Å². The molecule has 0 saturated heterocycles. The van der Waals surface area contributed by atoms with Crippen LogP contribution in [0.1, 0.15) is 24.2 Å². The maximum Gasteiger partial charge on any atom is 0.278 e. The second-order valence-corrected chi connectivity index (χ2v) is 8.22. The number of amides is 1. The van der Waals surface area contributed by atoms with Gasteiger partial charge in [-0.15, -0.1) is 0 Å². The number of anilines is 1. The Labute approximate surface area is 200 Å². The fraction of sp³-hybridized carbons (Fsp3) is 0.240. The lowest BCUT2D eigenvalue weighted by molar-refractivity contribution is -0.116. The van der Waals surface area contributed by atoms with Crippen molar-refractivity contribution in [2.24, 2.45) is 0 Å². The van der Waals surface area contributed by atoms with Gasteiger partial charge in [-0.2, -0.15) is 4.98 Å². The van der Waals surface area contributed by atoms with Gasteiger partial charge in [0, 0.05) is 11.1 Å². The highest BCUT2D eigenvalue weighted by molar-refractivity contribution is 6.06. The highest BCUT2D eigenvalue weighted by atomic mass is 16.5. The van der Waals surface area contributed by atoms with E-state index >= 15 is 0 Å². The Morgan fingerprint density at radius 1 is 1.14 bits per heavy atom. The van der Waals surface area contributed by atoms with E-state index in [0.717, 1.165) is 22.2 Å². The Balaban J connectivity index is 1.53. The summed E-state index contributed by atoms with van der Waals surface area (Å²) >= 11 is 0. The van der Waals surface area contributed by atoms with Gasteiger partial charge in [0.05, 0.1) is 18.5 Å². The number of nitrogens with zero attached hydrogens (tertiary/aromatic N) is 5. The predicted octanol–water partition coefficient (Wildman–Crippen LogP) is 3.44. The second kappa shape index (κ2) is 9.05. The minimum Gasteiger partial charge on any atom is -0.494 e. The van der Waals surface area contributed by atoms with E-state index in [1.807, 2.05) is 32.0 Å². The number of hydrogen-bond acceptors (Lipinski definition) is 7. The first-order valence-electron chi connectivity index (χ1n) is 11.2. The van der Waals surface area contributed by atoms with Crippen molar-refractivity contribution in [3.05, 3.63) is 76.4 Å². The normalized spacial score (nSPS) is 11.3. The Morgan fingerprint density at radius 3 is 2.66 bits per heavy atom. The molecule has 0 atom stereocenters. The van der Waals surface area contributed by atoms with Crippen molar-refractivity contribution in [2.75, 3.05) is 11.9 Å². The van der Waals surface area contributed by atoms with E-state index < -0.39 is 0 Å². The monoisotopic (exact) mass is 472 g/mol. The van der Waals surface area contributed by atoms with E-state index in [4.69, 9.17) is 9.26 Å². The van der Waals surface area contributed by atoms with Crippen molar-refractivity contribution < 1.29 is 14.1 Å². The number of ether oxygens (including phenoxy) is 1. The zero-order valence-corrected chi connectivity index (χ0v) is 19.6. The highest BCUT2D eigenvalue weighted by Gasteiger charge is 2.19. The van der Waals surface area contributed by atoms with Crippen LogP contribution in [0.4, 0.5) is 5.69 Å². The van der Waals surface area contributed by atoms with Crippen molar-refractivity contribution in [2.45, 2.75) is 33.9 Å². The van der Waals surface area contributed by atoms with Gasteiger partial charge in [-0.05, 0) is 57.2 Å². The van der Waals surface area contributed by atoms with Gasteiger partial charge < -0.3 is 19.1 Å². The fourth-order valence-corrected chi connectivity index (χ4v) is 4.09. The molecule has 2 aromatic carbocycles. The zero-order chi connectivity index (χ0) is 24.5. The molecule has 0 bridgehead atoms. The second-order valence-electron chi connectivity index (χ2n) is 8.22. The molecule has 3 heterocycles. The summed E-state index contributed by atoms with van der Waals surface area (Å²) in [5.74, 6) is 1.25. The molecule has 0 saturated carbocycles. The standard InChI is InChI=1S/C25H24N6O4/c1-4-34-18-8-6-17(7-9-18)28-21(32)12-31-20-10-5-15(2)11-19(20)23-24(31)25(33)30(14-26-23)13-22-27-16(3)29-35-22/h5-11,14H,4,12-13H2,1-3H3,(H,28,32). The lowest BCUT2D eigenvalue weighted by atomic mass is 10.1. The number of benzene rings is 2. The van der Waals surface area contributed by atoms with E-state index in [1.54, 1.807) is 35.8 Å². The van der Waals surface area contributed by atoms with Crippen molar-refractivity contribution in [1.29, 1.82) is 0 Å². The molecule has 0 spiro atoms. The number of aryl methyl sites for hydroxylation is 2. The molecule has 10 heteroatoms. The van der Waals surface area contributed by atoms with Gasteiger partial charge in [0.1, 0.15) is 29.9 Å². The SMILES string of the molecule is CCOc1ccc(NC(=O)Cn2c3ccc(C)cc3c3ncn(Cc4nc(C)no4)c(=O)c32)cc1. The molecule has 0 fully saturated rings. The maximum atomic E-state index is 13.5. The fourth-order valence-electron chi connectivity index (χ4n) is 4.09. The average Bonchev–Trinajstić information content (AvgIpc) is 3.38. The molecule has 3 aromatic heterocycles. The molecule has 0 radical (unpaired) electrons. The quantitative estimate of drug-likeness (QED) is 0.386. The molecule has 35 heavy (non-hydrogen) atoms. The number of rotatable bonds is 7. The molecule has 5 aromatic rings. The number of aromatic nitrogens is 5. The van der Waals surface area contributed by atoms with Crippen molar-refractivity contribution in [1.82, 2.24) is 24.3 Å². The maximum absolute atomic E-state index is 13.5. The van der Waals surface area contributed by atoms with Crippen LogP contribution in [0.2, 0.25) is 0 Å². The van der Waals surface area contributed by atoms with E-state index in [0.29, 0.717) is 35.0 Å². The molecule has 0 unspecified atom stereocenters. The van der Waals surface area contributed by atoms with Crippen molar-refractivity contribution >= 4 is 33.5 Å². The van der Waals surface area contributed by atoms with Gasteiger partial charge in [0.25, 0.3) is 5.56 Å². The third-order valence-corrected chi connectivity index (χ3v) is 5.61. The van der Waals surface area contributed by atoms with Crippen LogP contribution < -0.4 is 15.6 Å². The predicted molar refractivity (Wildman–Crippen MR) is 131 cm³/mol. The summed E-state index contributed by atoms with van der Waals surface area (Å²) in [7, 11) is 0. The minimum absolute atomic E-state index is 0.0587. The molecule has 0 aliphatic heterocycles. The van der Waals surface area contributed by atoms with Crippen LogP contribution in [0, 0.1) is 13.8 Å². The topological polar surface area (TPSA) is 117 Å². The first-order chi connectivity index (χ1) is 16.9. The van der Waals surface area contributed by atoms with Gasteiger partial charge >= 0.3 is 0 Å². The summed E-state index contributed by atoms with van der Waals surface area (Å²) in [4.78, 5) is 35.3.